The van der Waals surface area contributed by atoms with Gasteiger partial charge in [-0.05, 0) is 37.5 Å². The number of aliphatic imine (C=N–C) groups is 2. The molecule has 3 aliphatic carbocycles. The van der Waals surface area contributed by atoms with Gasteiger partial charge in [-0.3, -0.25) is 20.5 Å². The van der Waals surface area contributed by atoms with E-state index in [0.717, 1.165) is 11.3 Å². The molecular weight excluding hydrogens is 472 g/mol. The third-order valence-corrected chi connectivity index (χ3v) is 8.52. The minimum Gasteiger partial charge on any atom is -0.390 e. The SMILES string of the molecule is O=C(C1=NNC2=NC=NC(N[C@H]3[C@H](O)[C@H](O)[C@@H]4C[C@@H]43)C21)N1CC(F)(F)C[C@@H]1C1CC(F)CCC1F. The molecule has 3 saturated carbocycles. The van der Waals surface area contributed by atoms with Crippen molar-refractivity contribution in [1.29, 1.82) is 0 Å². The number of aliphatic hydroxyl groups is 2. The number of hydrogen-bond acceptors (Lipinski definition) is 8. The molecule has 6 rings (SSSR count). The number of amides is 1. The summed E-state index contributed by atoms with van der Waals surface area (Å²) < 4.78 is 57.8. The highest BCUT2D eigenvalue weighted by atomic mass is 19.3. The average molecular weight is 500 g/mol. The molecule has 11 atom stereocenters. The number of carbonyl (C=O) groups is 1. The molecule has 9 nitrogen and oxygen atoms in total. The van der Waals surface area contributed by atoms with Crippen molar-refractivity contribution < 1.29 is 32.6 Å². The van der Waals surface area contributed by atoms with Gasteiger partial charge >= 0.3 is 0 Å². The lowest BCUT2D eigenvalue weighted by Gasteiger charge is -2.37. The van der Waals surface area contributed by atoms with Crippen molar-refractivity contribution >= 4 is 23.8 Å². The summed E-state index contributed by atoms with van der Waals surface area (Å²) in [6, 6.07) is -1.60. The van der Waals surface area contributed by atoms with E-state index in [9.17, 15) is 32.6 Å². The number of carbonyl (C=O) groups excluding carboxylic acids is 1. The zero-order chi connectivity index (χ0) is 24.6. The first-order valence-electron chi connectivity index (χ1n) is 12.2. The standard InChI is InChI=1S/C22H28F4N6O3/c23-8-1-2-12(24)11(3-8)13-5-22(25,26)6-32(13)21(35)16-14-19(27-7-28-20(14)31-30-16)29-15-9-4-10(9)17(33)18(15)34/h7-15,17-19,29,33-34H,1-6H2,(H,27,28,31)/t8?,9-,10+,11?,12?,13+,14?,15+,17+,18-,19?/m0/s1. The first-order valence-corrected chi connectivity index (χ1v) is 12.2. The quantitative estimate of drug-likeness (QED) is 0.416. The molecule has 3 heterocycles. The first kappa shape index (κ1) is 23.3. The van der Waals surface area contributed by atoms with E-state index < -0.39 is 79.4 Å². The van der Waals surface area contributed by atoms with Crippen LogP contribution in [0.1, 0.15) is 32.1 Å². The Morgan fingerprint density at radius 2 is 1.94 bits per heavy atom. The number of hydrogen-bond donors (Lipinski definition) is 4. The summed E-state index contributed by atoms with van der Waals surface area (Å²) in [5.41, 5.74) is 2.57. The van der Waals surface area contributed by atoms with Crippen molar-refractivity contribution in [3.05, 3.63) is 0 Å². The lowest BCUT2D eigenvalue weighted by molar-refractivity contribution is -0.128. The van der Waals surface area contributed by atoms with Crippen LogP contribution in [-0.2, 0) is 4.79 Å². The summed E-state index contributed by atoms with van der Waals surface area (Å²) in [4.78, 5) is 22.9. The van der Waals surface area contributed by atoms with Crippen molar-refractivity contribution in [2.75, 3.05) is 6.54 Å². The normalized spacial score (nSPS) is 47.6. The lowest BCUT2D eigenvalue weighted by Crippen LogP contribution is -2.55. The van der Waals surface area contributed by atoms with Crippen LogP contribution in [0.2, 0.25) is 0 Å². The second kappa shape index (κ2) is 8.20. The van der Waals surface area contributed by atoms with Crippen LogP contribution in [-0.4, -0.2) is 94.2 Å². The number of alkyl halides is 4. The predicted molar refractivity (Wildman–Crippen MR) is 117 cm³/mol. The summed E-state index contributed by atoms with van der Waals surface area (Å²) in [6.45, 7) is -0.895. The van der Waals surface area contributed by atoms with Crippen molar-refractivity contribution in [3.63, 3.8) is 0 Å². The maximum absolute atomic E-state index is 14.7. The van der Waals surface area contributed by atoms with E-state index in [2.05, 4.69) is 25.8 Å². The Kier molecular flexibility index (Phi) is 5.46. The molecule has 4 fully saturated rings. The number of rotatable bonds is 4. The van der Waals surface area contributed by atoms with E-state index >= 15 is 0 Å². The van der Waals surface area contributed by atoms with Crippen LogP contribution in [0.3, 0.4) is 0 Å². The van der Waals surface area contributed by atoms with Gasteiger partial charge in [0, 0.05) is 24.4 Å². The Hall–Kier alpha value is -2.12. The summed E-state index contributed by atoms with van der Waals surface area (Å²) in [5.74, 6) is -5.47. The van der Waals surface area contributed by atoms with E-state index in [0.29, 0.717) is 5.84 Å². The van der Waals surface area contributed by atoms with E-state index in [1.165, 1.54) is 6.34 Å². The lowest BCUT2D eigenvalue weighted by atomic mass is 9.80. The molecule has 13 heteroatoms. The molecule has 0 bridgehead atoms. The maximum atomic E-state index is 14.7. The average Bonchev–Trinajstić information content (AvgIpc) is 3.28. The van der Waals surface area contributed by atoms with Gasteiger partial charge in [0.2, 0.25) is 0 Å². The molecule has 1 amide bonds. The van der Waals surface area contributed by atoms with Crippen LogP contribution in [0.15, 0.2) is 15.1 Å². The fourth-order valence-corrected chi connectivity index (χ4v) is 6.66. The second-order valence-electron chi connectivity index (χ2n) is 10.7. The van der Waals surface area contributed by atoms with Crippen LogP contribution in [0.25, 0.3) is 0 Å². The number of fused-ring (bicyclic) bond motifs is 2. The van der Waals surface area contributed by atoms with Gasteiger partial charge < -0.3 is 15.1 Å². The summed E-state index contributed by atoms with van der Waals surface area (Å²) >= 11 is 0. The second-order valence-corrected chi connectivity index (χ2v) is 10.7. The van der Waals surface area contributed by atoms with E-state index in [1.807, 2.05) is 0 Å². The van der Waals surface area contributed by atoms with Crippen LogP contribution in [0.5, 0.6) is 0 Å². The first-order chi connectivity index (χ1) is 16.6. The van der Waals surface area contributed by atoms with Gasteiger partial charge in [0.05, 0.1) is 18.8 Å². The van der Waals surface area contributed by atoms with Crippen molar-refractivity contribution in [3.8, 4) is 0 Å². The molecular formula is C22H28F4N6O3. The van der Waals surface area contributed by atoms with E-state index in [4.69, 9.17) is 0 Å². The Bertz CT molecular complexity index is 994. The monoisotopic (exact) mass is 500 g/mol. The highest BCUT2D eigenvalue weighted by Gasteiger charge is 2.60. The Labute approximate surface area is 198 Å². The summed E-state index contributed by atoms with van der Waals surface area (Å²) in [6.07, 6.45) is -4.26. The number of halogens is 4. The van der Waals surface area contributed by atoms with Gasteiger partial charge in [0.15, 0.2) is 0 Å². The molecule has 0 aromatic heterocycles. The predicted octanol–water partition coefficient (Wildman–Crippen LogP) is 0.371. The molecule has 0 aromatic carbocycles. The summed E-state index contributed by atoms with van der Waals surface area (Å²) in [5, 5.41) is 27.8. The number of nitrogens with zero attached hydrogens (tertiary/aromatic N) is 4. The van der Waals surface area contributed by atoms with Crippen molar-refractivity contribution in [2.24, 2.45) is 38.8 Å². The van der Waals surface area contributed by atoms with Crippen LogP contribution < -0.4 is 10.7 Å². The third kappa shape index (κ3) is 3.86. The molecule has 1 saturated heterocycles. The maximum Gasteiger partial charge on any atom is 0.271 e. The van der Waals surface area contributed by atoms with Crippen LogP contribution >= 0.6 is 0 Å². The van der Waals surface area contributed by atoms with Gasteiger partial charge in [-0.25, -0.2) is 22.6 Å². The molecule has 5 unspecified atom stereocenters. The fourth-order valence-electron chi connectivity index (χ4n) is 6.66. The van der Waals surface area contributed by atoms with Crippen molar-refractivity contribution in [1.82, 2.24) is 15.6 Å². The van der Waals surface area contributed by atoms with Crippen molar-refractivity contribution in [2.45, 2.75) is 80.8 Å². The highest BCUT2D eigenvalue weighted by Crippen LogP contribution is 2.52. The van der Waals surface area contributed by atoms with E-state index in [1.54, 1.807) is 0 Å². The molecule has 0 spiro atoms. The van der Waals surface area contributed by atoms with Gasteiger partial charge in [-0.1, -0.05) is 0 Å². The minimum absolute atomic E-state index is 0.00994. The highest BCUT2D eigenvalue weighted by molar-refractivity contribution is 6.45. The number of aliphatic hydroxyl groups excluding tert-OH is 2. The number of hydrazone groups is 1. The number of likely N-dealkylation sites (tertiary alicyclic amines) is 1. The van der Waals surface area contributed by atoms with E-state index in [-0.39, 0.29) is 36.8 Å². The third-order valence-electron chi connectivity index (χ3n) is 8.52. The Morgan fingerprint density at radius 1 is 1.14 bits per heavy atom. The van der Waals surface area contributed by atoms with Crippen LogP contribution in [0.4, 0.5) is 17.6 Å². The zero-order valence-electron chi connectivity index (χ0n) is 18.8. The Morgan fingerprint density at radius 3 is 2.69 bits per heavy atom. The molecule has 0 radical (unpaired) electrons. The zero-order valence-corrected chi connectivity index (χ0v) is 18.8. The van der Waals surface area contributed by atoms with Gasteiger partial charge in [0.1, 0.15) is 42.3 Å². The fraction of sp³-hybridized carbons (Fsp3) is 0.818. The largest absolute Gasteiger partial charge is 0.390 e. The molecule has 192 valence electrons. The van der Waals surface area contributed by atoms with Gasteiger partial charge in [-0.15, -0.1) is 0 Å². The summed E-state index contributed by atoms with van der Waals surface area (Å²) in [7, 11) is 0. The molecule has 0 aromatic rings. The smallest absolute Gasteiger partial charge is 0.271 e. The minimum atomic E-state index is -3.22. The van der Waals surface area contributed by atoms with Gasteiger partial charge in [-0.2, -0.15) is 5.10 Å². The number of nitrogens with one attached hydrogen (secondary N) is 2. The van der Waals surface area contributed by atoms with Crippen LogP contribution in [0, 0.1) is 23.7 Å². The topological polar surface area (TPSA) is 122 Å². The molecule has 6 aliphatic rings. The van der Waals surface area contributed by atoms with Gasteiger partial charge in [0.25, 0.3) is 11.8 Å². The number of amidine groups is 1. The molecule has 35 heavy (non-hydrogen) atoms. The molecule has 4 N–H and O–H groups in total. The molecule has 3 aliphatic heterocycles. The Balaban J connectivity index is 1.23.